The Hall–Kier alpha value is -1.09. The highest BCUT2D eigenvalue weighted by Gasteiger charge is 2.25. The van der Waals surface area contributed by atoms with E-state index in [1.807, 2.05) is 19.1 Å². The monoisotopic (exact) mass is 224 g/mol. The average molecular weight is 225 g/mol. The minimum atomic E-state index is 0.0804. The summed E-state index contributed by atoms with van der Waals surface area (Å²) in [5.74, 6) is 1.20. The summed E-state index contributed by atoms with van der Waals surface area (Å²) in [5, 5.41) is 0.652. The number of anilines is 1. The highest BCUT2D eigenvalue weighted by Crippen LogP contribution is 2.25. The first-order chi connectivity index (χ1) is 7.18. The normalized spacial score (nSPS) is 21.9. The van der Waals surface area contributed by atoms with Crippen molar-refractivity contribution in [2.75, 3.05) is 18.0 Å². The fourth-order valence-corrected chi connectivity index (χ4v) is 2.06. The van der Waals surface area contributed by atoms with E-state index in [1.165, 1.54) is 0 Å². The Bertz CT molecular complexity index is 381. The summed E-state index contributed by atoms with van der Waals surface area (Å²) in [7, 11) is 0. The van der Waals surface area contributed by atoms with E-state index in [-0.39, 0.29) is 5.92 Å². The van der Waals surface area contributed by atoms with Crippen molar-refractivity contribution >= 4 is 23.2 Å². The van der Waals surface area contributed by atoms with Crippen LogP contribution in [0.1, 0.15) is 13.3 Å². The van der Waals surface area contributed by atoms with Gasteiger partial charge in [-0.1, -0.05) is 18.5 Å². The number of aromatic nitrogens is 1. The van der Waals surface area contributed by atoms with Crippen LogP contribution in [0.15, 0.2) is 18.3 Å². The Morgan fingerprint density at radius 3 is 3.07 bits per heavy atom. The fraction of sp³-hybridized carbons (Fsp3) is 0.455. The summed E-state index contributed by atoms with van der Waals surface area (Å²) >= 11 is 6.05. The summed E-state index contributed by atoms with van der Waals surface area (Å²) < 4.78 is 0. The van der Waals surface area contributed by atoms with E-state index >= 15 is 0 Å². The molecule has 0 N–H and O–H groups in total. The first-order valence-electron chi connectivity index (χ1n) is 5.06. The lowest BCUT2D eigenvalue weighted by atomic mass is 9.99. The van der Waals surface area contributed by atoms with Gasteiger partial charge in [0.1, 0.15) is 11.6 Å². The third-order valence-electron chi connectivity index (χ3n) is 2.71. The molecular weight excluding hydrogens is 212 g/mol. The van der Waals surface area contributed by atoms with Crippen molar-refractivity contribution < 1.29 is 4.79 Å². The second-order valence-electron chi connectivity index (χ2n) is 3.87. The molecule has 0 aromatic carbocycles. The second-order valence-corrected chi connectivity index (χ2v) is 4.28. The van der Waals surface area contributed by atoms with E-state index in [0.29, 0.717) is 17.2 Å². The number of carbonyl (C=O) groups is 1. The Morgan fingerprint density at radius 2 is 2.40 bits per heavy atom. The molecule has 0 aliphatic carbocycles. The van der Waals surface area contributed by atoms with Crippen LogP contribution in [-0.4, -0.2) is 23.9 Å². The van der Waals surface area contributed by atoms with Crippen LogP contribution < -0.4 is 4.90 Å². The van der Waals surface area contributed by atoms with Crippen molar-refractivity contribution in [2.45, 2.75) is 13.3 Å². The highest BCUT2D eigenvalue weighted by molar-refractivity contribution is 6.32. The quantitative estimate of drug-likeness (QED) is 0.733. The zero-order chi connectivity index (χ0) is 10.8. The zero-order valence-electron chi connectivity index (χ0n) is 8.61. The van der Waals surface area contributed by atoms with Crippen molar-refractivity contribution in [3.05, 3.63) is 23.4 Å². The van der Waals surface area contributed by atoms with Crippen molar-refractivity contribution in [2.24, 2.45) is 5.92 Å². The molecule has 0 bridgehead atoms. The van der Waals surface area contributed by atoms with E-state index in [4.69, 9.17) is 11.6 Å². The molecular formula is C11H13ClN2O. The van der Waals surface area contributed by atoms with Crippen LogP contribution in [0, 0.1) is 5.92 Å². The average Bonchev–Trinajstić information content (AvgIpc) is 2.23. The zero-order valence-corrected chi connectivity index (χ0v) is 9.37. The van der Waals surface area contributed by atoms with Gasteiger partial charge in [-0.2, -0.15) is 0 Å². The van der Waals surface area contributed by atoms with Gasteiger partial charge in [0.25, 0.3) is 0 Å². The van der Waals surface area contributed by atoms with Crippen molar-refractivity contribution in [3.8, 4) is 0 Å². The lowest BCUT2D eigenvalue weighted by Crippen LogP contribution is -2.40. The summed E-state index contributed by atoms with van der Waals surface area (Å²) in [4.78, 5) is 17.7. The van der Waals surface area contributed by atoms with Gasteiger partial charge in [-0.05, 0) is 12.1 Å². The first-order valence-corrected chi connectivity index (χ1v) is 5.44. The smallest absolute Gasteiger partial charge is 0.147 e. The predicted molar refractivity (Wildman–Crippen MR) is 60.2 cm³/mol. The van der Waals surface area contributed by atoms with Gasteiger partial charge in [0, 0.05) is 31.6 Å². The maximum absolute atomic E-state index is 11.4. The van der Waals surface area contributed by atoms with Gasteiger partial charge in [0.15, 0.2) is 0 Å². The molecule has 1 aliphatic heterocycles. The molecule has 1 aliphatic rings. The van der Waals surface area contributed by atoms with Gasteiger partial charge in [-0.3, -0.25) is 4.79 Å². The lowest BCUT2D eigenvalue weighted by molar-refractivity contribution is -0.122. The molecule has 1 saturated heterocycles. The van der Waals surface area contributed by atoms with Crippen LogP contribution in [0.2, 0.25) is 5.02 Å². The molecule has 15 heavy (non-hydrogen) atoms. The number of hydrogen-bond acceptors (Lipinski definition) is 3. The molecule has 4 heteroatoms. The van der Waals surface area contributed by atoms with E-state index in [2.05, 4.69) is 9.88 Å². The molecule has 80 valence electrons. The van der Waals surface area contributed by atoms with Gasteiger partial charge in [0.05, 0.1) is 5.02 Å². The summed E-state index contributed by atoms with van der Waals surface area (Å²) in [6.07, 6.45) is 2.32. The first kappa shape index (κ1) is 10.4. The van der Waals surface area contributed by atoms with E-state index in [9.17, 15) is 4.79 Å². The predicted octanol–water partition coefficient (Wildman–Crippen LogP) is 2.15. The number of ketones is 1. The van der Waals surface area contributed by atoms with E-state index < -0.39 is 0 Å². The minimum Gasteiger partial charge on any atom is -0.354 e. The number of Topliss-reactive ketones (excluding diaryl/α,β-unsaturated/α-hetero) is 1. The molecule has 0 saturated carbocycles. The SMILES string of the molecule is CC1CN(c2ncccc2Cl)CCC1=O. The Morgan fingerprint density at radius 1 is 1.60 bits per heavy atom. The fourth-order valence-electron chi connectivity index (χ4n) is 1.82. The van der Waals surface area contributed by atoms with Crippen molar-refractivity contribution in [1.82, 2.24) is 4.98 Å². The molecule has 1 fully saturated rings. The van der Waals surface area contributed by atoms with Gasteiger partial charge in [-0.15, -0.1) is 0 Å². The van der Waals surface area contributed by atoms with Crippen LogP contribution >= 0.6 is 11.6 Å². The maximum Gasteiger partial charge on any atom is 0.147 e. The van der Waals surface area contributed by atoms with Gasteiger partial charge in [-0.25, -0.2) is 4.98 Å². The van der Waals surface area contributed by atoms with Crippen molar-refractivity contribution in [3.63, 3.8) is 0 Å². The summed E-state index contributed by atoms with van der Waals surface area (Å²) in [6, 6.07) is 3.63. The van der Waals surface area contributed by atoms with Crippen LogP contribution in [0.5, 0.6) is 0 Å². The van der Waals surface area contributed by atoms with E-state index in [1.54, 1.807) is 6.20 Å². The number of piperidine rings is 1. The van der Waals surface area contributed by atoms with Crippen LogP contribution in [0.25, 0.3) is 0 Å². The Balaban J connectivity index is 2.19. The Labute approximate surface area is 94.1 Å². The second kappa shape index (κ2) is 4.19. The molecule has 1 aromatic rings. The molecule has 2 rings (SSSR count). The third kappa shape index (κ3) is 2.12. The molecule has 1 unspecified atom stereocenters. The van der Waals surface area contributed by atoms with Gasteiger partial charge in [0.2, 0.25) is 0 Å². The topological polar surface area (TPSA) is 33.2 Å². The molecule has 2 heterocycles. The molecule has 1 atom stereocenters. The molecule has 3 nitrogen and oxygen atoms in total. The molecule has 1 aromatic heterocycles. The molecule has 0 radical (unpaired) electrons. The maximum atomic E-state index is 11.4. The number of pyridine rings is 1. The van der Waals surface area contributed by atoms with Crippen LogP contribution in [-0.2, 0) is 4.79 Å². The number of carbonyl (C=O) groups excluding carboxylic acids is 1. The third-order valence-corrected chi connectivity index (χ3v) is 3.01. The Kier molecular flexibility index (Phi) is 2.91. The van der Waals surface area contributed by atoms with E-state index in [0.717, 1.165) is 18.9 Å². The van der Waals surface area contributed by atoms with Crippen molar-refractivity contribution in [1.29, 1.82) is 0 Å². The molecule has 0 spiro atoms. The minimum absolute atomic E-state index is 0.0804. The molecule has 0 amide bonds. The van der Waals surface area contributed by atoms with Gasteiger partial charge >= 0.3 is 0 Å². The summed E-state index contributed by atoms with van der Waals surface area (Å²) in [5.41, 5.74) is 0. The largest absolute Gasteiger partial charge is 0.354 e. The van der Waals surface area contributed by atoms with Crippen LogP contribution in [0.3, 0.4) is 0 Å². The highest BCUT2D eigenvalue weighted by atomic mass is 35.5. The number of rotatable bonds is 1. The van der Waals surface area contributed by atoms with Gasteiger partial charge < -0.3 is 4.90 Å². The lowest BCUT2D eigenvalue weighted by Gasteiger charge is -2.31. The van der Waals surface area contributed by atoms with Crippen LogP contribution in [0.4, 0.5) is 5.82 Å². The summed E-state index contributed by atoms with van der Waals surface area (Å²) in [6.45, 7) is 3.39. The number of hydrogen-bond donors (Lipinski definition) is 0. The number of nitrogens with zero attached hydrogens (tertiary/aromatic N) is 2. The standard InChI is InChI=1S/C11H13ClN2O/c1-8-7-14(6-4-10(8)15)11-9(12)3-2-5-13-11/h2-3,5,8H,4,6-7H2,1H3. The number of halogens is 1.